The lowest BCUT2D eigenvalue weighted by Gasteiger charge is -2.34. The van der Waals surface area contributed by atoms with Gasteiger partial charge in [-0.2, -0.15) is 4.98 Å². The van der Waals surface area contributed by atoms with Crippen LogP contribution in [-0.2, 0) is 12.0 Å². The summed E-state index contributed by atoms with van der Waals surface area (Å²) in [5.41, 5.74) is 6.03. The van der Waals surface area contributed by atoms with Crippen LogP contribution in [-0.4, -0.2) is 24.9 Å². The minimum Gasteiger partial charge on any atom is -0.330 e. The molecule has 4 rings (SSSR count). The van der Waals surface area contributed by atoms with Crippen LogP contribution in [0.1, 0.15) is 37.8 Å². The van der Waals surface area contributed by atoms with Gasteiger partial charge in [0, 0.05) is 6.42 Å². The van der Waals surface area contributed by atoms with E-state index in [0.29, 0.717) is 23.8 Å². The quantitative estimate of drug-likeness (QED) is 0.764. The minimum atomic E-state index is -0.510. The van der Waals surface area contributed by atoms with Crippen LogP contribution in [0.2, 0.25) is 0 Å². The molecule has 0 radical (unpaired) electrons. The van der Waals surface area contributed by atoms with Crippen molar-refractivity contribution in [2.24, 2.45) is 5.73 Å². The molecule has 25 heavy (non-hydrogen) atoms. The van der Waals surface area contributed by atoms with Crippen LogP contribution < -0.4 is 5.73 Å². The summed E-state index contributed by atoms with van der Waals surface area (Å²) < 4.78 is 20.8. The molecule has 3 aromatic rings. The summed E-state index contributed by atoms with van der Waals surface area (Å²) in [4.78, 5) is 8.75. The Balaban J connectivity index is 0.00000182. The molecule has 0 bridgehead atoms. The summed E-state index contributed by atoms with van der Waals surface area (Å²) in [6.45, 7) is 1.92. The van der Waals surface area contributed by atoms with Gasteiger partial charge in [-0.05, 0) is 31.4 Å². The Morgan fingerprint density at radius 3 is 2.68 bits per heavy atom. The molecule has 0 unspecified atom stereocenters. The van der Waals surface area contributed by atoms with E-state index in [4.69, 9.17) is 10.3 Å². The number of aryl methyl sites for hydroxylation is 1. The highest BCUT2D eigenvalue weighted by atomic mass is 35.5. The molecular formula is C16H18ClFN6O. The second kappa shape index (κ2) is 6.53. The van der Waals surface area contributed by atoms with Crippen molar-refractivity contribution in [2.45, 2.75) is 38.1 Å². The van der Waals surface area contributed by atoms with E-state index in [2.05, 4.69) is 20.2 Å². The Hall–Kier alpha value is -2.32. The van der Waals surface area contributed by atoms with Crippen molar-refractivity contribution in [1.82, 2.24) is 24.9 Å². The highest BCUT2D eigenvalue weighted by Crippen LogP contribution is 2.37. The van der Waals surface area contributed by atoms with Gasteiger partial charge in [0.05, 0.1) is 5.54 Å². The van der Waals surface area contributed by atoms with E-state index in [1.54, 1.807) is 18.2 Å². The Morgan fingerprint density at radius 2 is 2.04 bits per heavy atom. The molecule has 132 valence electrons. The van der Waals surface area contributed by atoms with Crippen molar-refractivity contribution >= 4 is 12.4 Å². The van der Waals surface area contributed by atoms with Gasteiger partial charge in [0.25, 0.3) is 5.89 Å². The van der Waals surface area contributed by atoms with E-state index in [-0.39, 0.29) is 29.9 Å². The number of hydrogen-bond acceptors (Lipinski definition) is 6. The molecule has 2 N–H and O–H groups in total. The van der Waals surface area contributed by atoms with Crippen LogP contribution in [0.5, 0.6) is 0 Å². The van der Waals surface area contributed by atoms with Crippen molar-refractivity contribution in [3.63, 3.8) is 0 Å². The first-order valence-corrected chi connectivity index (χ1v) is 7.95. The average molecular weight is 365 g/mol. The second-order valence-electron chi connectivity index (χ2n) is 6.00. The molecule has 0 spiro atoms. The van der Waals surface area contributed by atoms with Gasteiger partial charge in [-0.1, -0.05) is 24.2 Å². The Kier molecular flexibility index (Phi) is 4.57. The van der Waals surface area contributed by atoms with Gasteiger partial charge < -0.3 is 10.3 Å². The number of nitrogens with zero attached hydrogens (tertiary/aromatic N) is 5. The summed E-state index contributed by atoms with van der Waals surface area (Å²) in [7, 11) is 0. The maximum Gasteiger partial charge on any atom is 0.297 e. The molecule has 1 saturated carbocycles. The summed E-state index contributed by atoms with van der Waals surface area (Å²) in [5, 5.41) is 8.32. The molecule has 1 aliphatic rings. The number of nitrogens with two attached hydrogens (primary N) is 1. The van der Waals surface area contributed by atoms with Crippen LogP contribution in [0.4, 0.5) is 4.39 Å². The van der Waals surface area contributed by atoms with Gasteiger partial charge in [-0.15, -0.1) is 17.5 Å². The van der Waals surface area contributed by atoms with Crippen LogP contribution in [0.25, 0.3) is 17.4 Å². The third-order valence-electron chi connectivity index (χ3n) is 4.38. The molecule has 0 atom stereocenters. The van der Waals surface area contributed by atoms with Crippen molar-refractivity contribution in [1.29, 1.82) is 0 Å². The lowest BCUT2D eigenvalue weighted by molar-refractivity contribution is 0.229. The zero-order chi connectivity index (χ0) is 16.7. The zero-order valence-electron chi connectivity index (χ0n) is 13.6. The third-order valence-corrected chi connectivity index (χ3v) is 4.38. The molecule has 0 aliphatic heterocycles. The number of para-hydroxylation sites is 1. The summed E-state index contributed by atoms with van der Waals surface area (Å²) in [6, 6.07) is 6.41. The summed E-state index contributed by atoms with van der Waals surface area (Å²) in [5.74, 6) is 1.19. The summed E-state index contributed by atoms with van der Waals surface area (Å²) >= 11 is 0. The fraction of sp³-hybridized carbons (Fsp3) is 0.375. The first-order chi connectivity index (χ1) is 11.6. The first-order valence-electron chi connectivity index (χ1n) is 7.95. The number of rotatable bonds is 4. The van der Waals surface area contributed by atoms with E-state index < -0.39 is 5.54 Å². The molecule has 1 aliphatic carbocycles. The Bertz CT molecular complexity index is 888. The zero-order valence-corrected chi connectivity index (χ0v) is 14.5. The molecule has 2 aromatic heterocycles. The van der Waals surface area contributed by atoms with Gasteiger partial charge >= 0.3 is 0 Å². The van der Waals surface area contributed by atoms with E-state index >= 15 is 0 Å². The van der Waals surface area contributed by atoms with E-state index in [1.165, 1.54) is 10.7 Å². The van der Waals surface area contributed by atoms with Crippen molar-refractivity contribution in [2.75, 3.05) is 0 Å². The average Bonchev–Trinajstić information content (AvgIpc) is 3.20. The number of aromatic nitrogens is 5. The maximum absolute atomic E-state index is 14.1. The van der Waals surface area contributed by atoms with Crippen molar-refractivity contribution < 1.29 is 8.91 Å². The van der Waals surface area contributed by atoms with E-state index in [9.17, 15) is 4.39 Å². The summed E-state index contributed by atoms with van der Waals surface area (Å²) in [6.07, 6.45) is 3.32. The molecule has 1 aromatic carbocycles. The highest BCUT2D eigenvalue weighted by molar-refractivity contribution is 5.85. The normalized spacial score (nSPS) is 15.5. The SMILES string of the molecule is CCc1nc(-c2nc(C3(N)CCC3)no2)nn1-c1ccccc1F.Cl. The van der Waals surface area contributed by atoms with Gasteiger partial charge in [0.15, 0.2) is 5.82 Å². The molecule has 2 heterocycles. The third kappa shape index (κ3) is 2.91. The van der Waals surface area contributed by atoms with Crippen LogP contribution in [0.15, 0.2) is 28.8 Å². The van der Waals surface area contributed by atoms with Crippen LogP contribution in [0.3, 0.4) is 0 Å². The van der Waals surface area contributed by atoms with Gasteiger partial charge in [0.1, 0.15) is 17.3 Å². The smallest absolute Gasteiger partial charge is 0.297 e. The van der Waals surface area contributed by atoms with E-state index in [1.807, 2.05) is 6.92 Å². The number of halogens is 2. The fourth-order valence-corrected chi connectivity index (χ4v) is 2.78. The lowest BCUT2D eigenvalue weighted by Crippen LogP contribution is -2.44. The van der Waals surface area contributed by atoms with Crippen LogP contribution in [0, 0.1) is 5.82 Å². The van der Waals surface area contributed by atoms with Crippen molar-refractivity contribution in [3.05, 3.63) is 41.7 Å². The monoisotopic (exact) mass is 364 g/mol. The van der Waals surface area contributed by atoms with Crippen LogP contribution >= 0.6 is 12.4 Å². The Labute approximate surface area is 149 Å². The van der Waals surface area contributed by atoms with Crippen molar-refractivity contribution in [3.8, 4) is 17.4 Å². The largest absolute Gasteiger partial charge is 0.330 e. The van der Waals surface area contributed by atoms with Gasteiger partial charge in [-0.25, -0.2) is 14.1 Å². The molecule has 7 nitrogen and oxygen atoms in total. The standard InChI is InChI=1S/C16H17FN6O.ClH/c1-2-12-19-13(21-23(12)11-7-4-3-6-10(11)17)14-20-15(22-24-14)16(18)8-5-9-16;/h3-4,6-7H,2,5,8-9,18H2,1H3;1H. The minimum absolute atomic E-state index is 0. The number of benzene rings is 1. The highest BCUT2D eigenvalue weighted by Gasteiger charge is 2.39. The molecule has 0 amide bonds. The molecule has 1 fully saturated rings. The van der Waals surface area contributed by atoms with Gasteiger partial charge in [-0.3, -0.25) is 0 Å². The maximum atomic E-state index is 14.1. The predicted octanol–water partition coefficient (Wildman–Crippen LogP) is 2.78. The Morgan fingerprint density at radius 1 is 1.28 bits per heavy atom. The predicted molar refractivity (Wildman–Crippen MR) is 91.0 cm³/mol. The van der Waals surface area contributed by atoms with E-state index in [0.717, 1.165) is 19.3 Å². The lowest BCUT2D eigenvalue weighted by atomic mass is 9.77. The van der Waals surface area contributed by atoms with Gasteiger partial charge in [0.2, 0.25) is 5.82 Å². The number of hydrogen-bond donors (Lipinski definition) is 1. The fourth-order valence-electron chi connectivity index (χ4n) is 2.78. The molecular weight excluding hydrogens is 347 g/mol. The molecule has 0 saturated heterocycles. The topological polar surface area (TPSA) is 95.7 Å². The first kappa shape index (κ1) is 17.5. The second-order valence-corrected chi connectivity index (χ2v) is 6.00. The molecule has 9 heteroatoms.